The summed E-state index contributed by atoms with van der Waals surface area (Å²) in [4.78, 5) is 14.9. The Morgan fingerprint density at radius 1 is 1.59 bits per heavy atom. The fraction of sp³-hybridized carbons (Fsp3) is 0.583. The molecule has 3 nitrogen and oxygen atoms in total. The lowest BCUT2D eigenvalue weighted by molar-refractivity contribution is -0.135. The Morgan fingerprint density at radius 3 is 2.71 bits per heavy atom. The molecule has 0 bridgehead atoms. The highest BCUT2D eigenvalue weighted by Crippen LogP contribution is 2.22. The van der Waals surface area contributed by atoms with E-state index >= 15 is 0 Å². The van der Waals surface area contributed by atoms with E-state index in [0.29, 0.717) is 13.0 Å². The maximum Gasteiger partial charge on any atom is 0.225 e. The topological polar surface area (TPSA) is 29.5 Å². The van der Waals surface area contributed by atoms with Crippen LogP contribution in [0.15, 0.2) is 15.9 Å². The molecular formula is C12H18BrNO2S. The summed E-state index contributed by atoms with van der Waals surface area (Å²) < 4.78 is 6.33. The van der Waals surface area contributed by atoms with Crippen LogP contribution in [-0.2, 0) is 16.1 Å². The largest absolute Gasteiger partial charge is 0.378 e. The number of hydrogen-bond donors (Lipinski definition) is 0. The number of nitrogens with zero attached hydrogens (tertiary/aromatic N) is 1. The third kappa shape index (κ3) is 4.77. The summed E-state index contributed by atoms with van der Waals surface area (Å²) in [5.41, 5.74) is -0.401. The minimum atomic E-state index is -0.401. The Morgan fingerprint density at radius 2 is 2.24 bits per heavy atom. The molecule has 1 amide bonds. The summed E-state index contributed by atoms with van der Waals surface area (Å²) in [5.74, 6) is 0.0985. The molecule has 1 rings (SSSR count). The van der Waals surface area contributed by atoms with Crippen molar-refractivity contribution < 1.29 is 9.53 Å². The second-order valence-electron chi connectivity index (χ2n) is 4.62. The molecule has 0 aromatic carbocycles. The first-order valence-electron chi connectivity index (χ1n) is 5.36. The van der Waals surface area contributed by atoms with Crippen molar-refractivity contribution in [3.8, 4) is 0 Å². The Bertz CT molecular complexity index is 390. The fourth-order valence-electron chi connectivity index (χ4n) is 1.33. The summed E-state index contributed by atoms with van der Waals surface area (Å²) >= 11 is 5.05. The average Bonchev–Trinajstić information content (AvgIpc) is 2.63. The molecule has 0 radical (unpaired) electrons. The Balaban J connectivity index is 2.53. The van der Waals surface area contributed by atoms with Gasteiger partial charge in [-0.05, 0) is 35.8 Å². The van der Waals surface area contributed by atoms with Gasteiger partial charge in [0.25, 0.3) is 0 Å². The van der Waals surface area contributed by atoms with E-state index in [1.807, 2.05) is 32.3 Å². The zero-order valence-electron chi connectivity index (χ0n) is 10.6. The van der Waals surface area contributed by atoms with Crippen LogP contribution in [0.1, 0.15) is 25.1 Å². The molecule has 0 unspecified atom stereocenters. The SMILES string of the molecule is COC(C)(C)CC(=O)N(C)Cc1cc(Br)cs1. The molecule has 1 aromatic heterocycles. The van der Waals surface area contributed by atoms with Crippen LogP contribution in [0.4, 0.5) is 0 Å². The van der Waals surface area contributed by atoms with Gasteiger partial charge in [-0.3, -0.25) is 4.79 Å². The highest BCUT2D eigenvalue weighted by Gasteiger charge is 2.23. The number of ether oxygens (including phenoxy) is 1. The molecule has 96 valence electrons. The van der Waals surface area contributed by atoms with Gasteiger partial charge in [0.1, 0.15) is 0 Å². The molecule has 0 saturated carbocycles. The van der Waals surface area contributed by atoms with Crippen LogP contribution < -0.4 is 0 Å². The van der Waals surface area contributed by atoms with Gasteiger partial charge in [0.2, 0.25) is 5.91 Å². The number of hydrogen-bond acceptors (Lipinski definition) is 3. The van der Waals surface area contributed by atoms with Gasteiger partial charge in [-0.25, -0.2) is 0 Å². The van der Waals surface area contributed by atoms with Crippen LogP contribution >= 0.6 is 27.3 Å². The zero-order valence-corrected chi connectivity index (χ0v) is 13.0. The smallest absolute Gasteiger partial charge is 0.225 e. The fourth-order valence-corrected chi connectivity index (χ4v) is 2.83. The standard InChI is InChI=1S/C12H18BrNO2S/c1-12(2,16-4)6-11(15)14(3)7-10-5-9(13)8-17-10/h5,8H,6-7H2,1-4H3. The number of halogens is 1. The molecule has 0 aliphatic carbocycles. The summed E-state index contributed by atoms with van der Waals surface area (Å²) in [5, 5.41) is 2.02. The van der Waals surface area contributed by atoms with Crippen molar-refractivity contribution in [3.63, 3.8) is 0 Å². The highest BCUT2D eigenvalue weighted by atomic mass is 79.9. The van der Waals surface area contributed by atoms with Crippen LogP contribution in [0, 0.1) is 0 Å². The van der Waals surface area contributed by atoms with Crippen molar-refractivity contribution >= 4 is 33.2 Å². The first kappa shape index (κ1) is 14.7. The van der Waals surface area contributed by atoms with Crippen molar-refractivity contribution in [1.82, 2.24) is 4.90 Å². The van der Waals surface area contributed by atoms with Crippen LogP contribution in [-0.4, -0.2) is 30.6 Å². The predicted octanol–water partition coefficient (Wildman–Crippen LogP) is 3.28. The summed E-state index contributed by atoms with van der Waals surface area (Å²) in [7, 11) is 3.45. The molecule has 1 heterocycles. The summed E-state index contributed by atoms with van der Waals surface area (Å²) in [6.45, 7) is 4.48. The monoisotopic (exact) mass is 319 g/mol. The van der Waals surface area contributed by atoms with Gasteiger partial charge < -0.3 is 9.64 Å². The van der Waals surface area contributed by atoms with E-state index in [-0.39, 0.29) is 5.91 Å². The third-order valence-corrected chi connectivity index (χ3v) is 4.25. The van der Waals surface area contributed by atoms with Gasteiger partial charge in [0.15, 0.2) is 0 Å². The van der Waals surface area contributed by atoms with Crippen molar-refractivity contribution in [1.29, 1.82) is 0 Å². The van der Waals surface area contributed by atoms with Gasteiger partial charge in [0, 0.05) is 28.9 Å². The molecule has 0 atom stereocenters. The minimum Gasteiger partial charge on any atom is -0.378 e. The zero-order chi connectivity index (χ0) is 13.1. The van der Waals surface area contributed by atoms with E-state index in [9.17, 15) is 4.79 Å². The van der Waals surface area contributed by atoms with Crippen molar-refractivity contribution in [3.05, 3.63) is 20.8 Å². The van der Waals surface area contributed by atoms with Crippen LogP contribution in [0.3, 0.4) is 0 Å². The molecule has 0 saturated heterocycles. The first-order chi connectivity index (χ1) is 7.84. The minimum absolute atomic E-state index is 0.0985. The number of carbonyl (C=O) groups is 1. The maximum atomic E-state index is 12.0. The van der Waals surface area contributed by atoms with Crippen molar-refractivity contribution in [2.75, 3.05) is 14.2 Å². The van der Waals surface area contributed by atoms with E-state index in [1.54, 1.807) is 23.3 Å². The van der Waals surface area contributed by atoms with E-state index in [0.717, 1.165) is 4.47 Å². The van der Waals surface area contributed by atoms with Gasteiger partial charge in [-0.1, -0.05) is 0 Å². The van der Waals surface area contributed by atoms with Gasteiger partial charge in [0.05, 0.1) is 18.6 Å². The first-order valence-corrected chi connectivity index (χ1v) is 7.03. The van der Waals surface area contributed by atoms with E-state index in [2.05, 4.69) is 15.9 Å². The molecule has 0 aliphatic heterocycles. The van der Waals surface area contributed by atoms with E-state index in [4.69, 9.17) is 4.74 Å². The molecule has 17 heavy (non-hydrogen) atoms. The second-order valence-corrected chi connectivity index (χ2v) is 6.53. The van der Waals surface area contributed by atoms with Gasteiger partial charge >= 0.3 is 0 Å². The lowest BCUT2D eigenvalue weighted by Crippen LogP contribution is -2.34. The van der Waals surface area contributed by atoms with E-state index in [1.165, 1.54) is 4.88 Å². The quantitative estimate of drug-likeness (QED) is 0.833. The van der Waals surface area contributed by atoms with Crippen LogP contribution in [0.2, 0.25) is 0 Å². The predicted molar refractivity (Wildman–Crippen MR) is 74.2 cm³/mol. The average molecular weight is 320 g/mol. The normalized spacial score (nSPS) is 11.6. The van der Waals surface area contributed by atoms with Crippen molar-refractivity contribution in [2.24, 2.45) is 0 Å². The molecule has 0 fully saturated rings. The highest BCUT2D eigenvalue weighted by molar-refractivity contribution is 9.10. The molecule has 5 heteroatoms. The third-order valence-electron chi connectivity index (χ3n) is 2.57. The van der Waals surface area contributed by atoms with Crippen molar-refractivity contribution in [2.45, 2.75) is 32.4 Å². The number of carbonyl (C=O) groups excluding carboxylic acids is 1. The van der Waals surface area contributed by atoms with Crippen LogP contribution in [0.25, 0.3) is 0 Å². The van der Waals surface area contributed by atoms with E-state index < -0.39 is 5.60 Å². The number of amides is 1. The summed E-state index contributed by atoms with van der Waals surface area (Å²) in [6, 6.07) is 2.04. The Hall–Kier alpha value is -0.390. The maximum absolute atomic E-state index is 12.0. The molecule has 0 N–H and O–H groups in total. The number of methoxy groups -OCH3 is 1. The molecular weight excluding hydrogens is 302 g/mol. The summed E-state index contributed by atoms with van der Waals surface area (Å²) in [6.07, 6.45) is 0.395. The van der Waals surface area contributed by atoms with Gasteiger partial charge in [-0.15, -0.1) is 11.3 Å². The second kappa shape index (κ2) is 5.98. The Kier molecular flexibility index (Phi) is 5.16. The molecule has 1 aromatic rings. The number of thiophene rings is 1. The number of rotatable bonds is 5. The van der Waals surface area contributed by atoms with Crippen LogP contribution in [0.5, 0.6) is 0 Å². The Labute approximate surface area is 115 Å². The molecule has 0 spiro atoms. The lowest BCUT2D eigenvalue weighted by Gasteiger charge is -2.25. The molecule has 0 aliphatic rings. The lowest BCUT2D eigenvalue weighted by atomic mass is 10.0. The van der Waals surface area contributed by atoms with Gasteiger partial charge in [-0.2, -0.15) is 0 Å².